The third kappa shape index (κ3) is 4.75. The lowest BCUT2D eigenvalue weighted by atomic mass is 9.97. The molecule has 0 aliphatic carbocycles. The van der Waals surface area contributed by atoms with E-state index in [2.05, 4.69) is 43.4 Å². The average Bonchev–Trinajstić information content (AvgIpc) is 2.78. The Hall–Kier alpha value is -3.33. The molecule has 2 aromatic carbocycles. The molecule has 146 valence electrons. The maximum atomic E-state index is 4.85. The molecule has 0 unspecified atom stereocenters. The summed E-state index contributed by atoms with van der Waals surface area (Å²) in [6, 6.07) is 18.4. The van der Waals surface area contributed by atoms with Gasteiger partial charge in [0.1, 0.15) is 0 Å². The van der Waals surface area contributed by atoms with Crippen LogP contribution in [0.1, 0.15) is 45.5 Å². The Bertz CT molecular complexity index is 1060. The van der Waals surface area contributed by atoms with E-state index in [0.717, 1.165) is 28.7 Å². The highest BCUT2D eigenvalue weighted by atomic mass is 15.0. The quantitative estimate of drug-likeness (QED) is 0.432. The van der Waals surface area contributed by atoms with E-state index in [4.69, 9.17) is 15.0 Å². The largest absolute Gasteiger partial charge is 0.209 e. The summed E-state index contributed by atoms with van der Waals surface area (Å²) in [6.07, 6.45) is 9.43. The third-order valence-corrected chi connectivity index (χ3v) is 4.70. The predicted molar refractivity (Wildman–Crippen MR) is 123 cm³/mol. The van der Waals surface area contributed by atoms with Crippen LogP contribution in [0.25, 0.3) is 33.9 Å². The van der Waals surface area contributed by atoms with E-state index in [1.54, 1.807) is 0 Å². The van der Waals surface area contributed by atoms with Gasteiger partial charge in [-0.25, -0.2) is 15.0 Å². The highest BCUT2D eigenvalue weighted by Gasteiger charge is 2.15. The summed E-state index contributed by atoms with van der Waals surface area (Å²) in [5.41, 5.74) is 5.33. The van der Waals surface area contributed by atoms with Crippen LogP contribution in [0.5, 0.6) is 0 Å². The Morgan fingerprint density at radius 1 is 0.862 bits per heavy atom. The minimum atomic E-state index is 0.689. The highest BCUT2D eigenvalue weighted by Crippen LogP contribution is 2.30. The second kappa shape index (κ2) is 9.74. The lowest BCUT2D eigenvalue weighted by Gasteiger charge is -2.12. The molecule has 1 aromatic heterocycles. The zero-order valence-electron chi connectivity index (χ0n) is 17.6. The van der Waals surface area contributed by atoms with E-state index < -0.39 is 0 Å². The van der Waals surface area contributed by atoms with Crippen molar-refractivity contribution in [2.75, 3.05) is 0 Å². The lowest BCUT2D eigenvalue weighted by Crippen LogP contribution is -2.03. The van der Waals surface area contributed by atoms with Crippen molar-refractivity contribution in [2.24, 2.45) is 0 Å². The van der Waals surface area contributed by atoms with Gasteiger partial charge in [0.25, 0.3) is 0 Å². The number of hydrogen-bond acceptors (Lipinski definition) is 3. The number of nitrogens with zero attached hydrogens (tertiary/aromatic N) is 3. The van der Waals surface area contributed by atoms with Crippen LogP contribution in [0.4, 0.5) is 0 Å². The van der Waals surface area contributed by atoms with Crippen molar-refractivity contribution >= 4 is 11.1 Å². The summed E-state index contributed by atoms with van der Waals surface area (Å²) in [5, 5.41) is 0. The van der Waals surface area contributed by atoms with Gasteiger partial charge in [-0.05, 0) is 43.9 Å². The van der Waals surface area contributed by atoms with Gasteiger partial charge in [0, 0.05) is 11.1 Å². The van der Waals surface area contributed by atoms with Gasteiger partial charge in [-0.15, -0.1) is 0 Å². The van der Waals surface area contributed by atoms with Crippen LogP contribution >= 0.6 is 0 Å². The molecule has 1 heterocycles. The molecule has 0 saturated heterocycles. The molecule has 3 rings (SSSR count). The normalized spacial score (nSPS) is 12.6. The first-order chi connectivity index (χ1) is 14.2. The van der Waals surface area contributed by atoms with Crippen molar-refractivity contribution in [3.05, 3.63) is 90.3 Å². The van der Waals surface area contributed by atoms with Crippen LogP contribution in [-0.4, -0.2) is 15.0 Å². The monoisotopic (exact) mass is 381 g/mol. The van der Waals surface area contributed by atoms with Crippen LogP contribution < -0.4 is 0 Å². The van der Waals surface area contributed by atoms with Crippen molar-refractivity contribution in [3.8, 4) is 22.8 Å². The molecule has 3 heteroatoms. The average molecular weight is 382 g/mol. The molecule has 0 N–H and O–H groups in total. The molecule has 0 aliphatic heterocycles. The molecule has 0 atom stereocenters. The van der Waals surface area contributed by atoms with Gasteiger partial charge in [0.2, 0.25) is 0 Å². The van der Waals surface area contributed by atoms with E-state index in [9.17, 15) is 0 Å². The van der Waals surface area contributed by atoms with Gasteiger partial charge in [0.05, 0.1) is 0 Å². The van der Waals surface area contributed by atoms with E-state index in [0.29, 0.717) is 17.5 Å². The van der Waals surface area contributed by atoms with Crippen LogP contribution in [0.3, 0.4) is 0 Å². The molecular weight excluding hydrogens is 354 g/mol. The molecule has 29 heavy (non-hydrogen) atoms. The topological polar surface area (TPSA) is 38.7 Å². The fraction of sp³-hybridized carbons (Fsp3) is 0.192. The van der Waals surface area contributed by atoms with Crippen LogP contribution in [-0.2, 0) is 0 Å². The van der Waals surface area contributed by atoms with Crippen molar-refractivity contribution in [1.82, 2.24) is 15.0 Å². The summed E-state index contributed by atoms with van der Waals surface area (Å²) in [7, 11) is 0. The van der Waals surface area contributed by atoms with Gasteiger partial charge < -0.3 is 0 Å². The maximum Gasteiger partial charge on any atom is 0.164 e. The SMILES string of the molecule is C/C=C\C(=C/CC)c1ccccc1-c1nc(/C(C)=C/C)nc(-c2ccccc2)n1. The van der Waals surface area contributed by atoms with Gasteiger partial charge in [-0.1, -0.05) is 85.8 Å². The fourth-order valence-corrected chi connectivity index (χ4v) is 3.12. The Morgan fingerprint density at radius 2 is 1.55 bits per heavy atom. The summed E-state index contributed by atoms with van der Waals surface area (Å²) in [4.78, 5) is 14.4. The Labute approximate surface area is 173 Å². The standard InChI is InChI=1S/C26H27N3/c1-5-13-20(14-6-2)22-17-11-12-18-23(22)26-28-24(19(4)7-3)27-25(29-26)21-15-9-8-10-16-21/h5,7-18H,6H2,1-4H3/b13-5-,19-7+,20-14+. The van der Waals surface area contributed by atoms with Crippen molar-refractivity contribution < 1.29 is 0 Å². The lowest BCUT2D eigenvalue weighted by molar-refractivity contribution is 1.03. The van der Waals surface area contributed by atoms with Crippen molar-refractivity contribution in [3.63, 3.8) is 0 Å². The Kier molecular flexibility index (Phi) is 6.85. The molecule has 0 amide bonds. The summed E-state index contributed by atoms with van der Waals surface area (Å²) < 4.78 is 0. The second-order valence-corrected chi connectivity index (χ2v) is 6.76. The number of benzene rings is 2. The molecule has 0 saturated carbocycles. The summed E-state index contributed by atoms with van der Waals surface area (Å²) in [6.45, 7) is 8.22. The Morgan fingerprint density at radius 3 is 2.24 bits per heavy atom. The molecule has 3 aromatic rings. The molecule has 0 fully saturated rings. The number of rotatable bonds is 6. The zero-order valence-corrected chi connectivity index (χ0v) is 17.6. The molecule has 0 aliphatic rings. The minimum Gasteiger partial charge on any atom is -0.209 e. The Balaban J connectivity index is 2.25. The van der Waals surface area contributed by atoms with E-state index in [1.165, 1.54) is 5.57 Å². The predicted octanol–water partition coefficient (Wildman–Crippen LogP) is 7.00. The number of aromatic nitrogens is 3. The van der Waals surface area contributed by atoms with Crippen molar-refractivity contribution in [2.45, 2.75) is 34.1 Å². The van der Waals surface area contributed by atoms with E-state index in [1.807, 2.05) is 63.2 Å². The third-order valence-electron chi connectivity index (χ3n) is 4.70. The summed E-state index contributed by atoms with van der Waals surface area (Å²) >= 11 is 0. The fourth-order valence-electron chi connectivity index (χ4n) is 3.12. The van der Waals surface area contributed by atoms with Crippen LogP contribution in [0.15, 0.2) is 78.9 Å². The first-order valence-electron chi connectivity index (χ1n) is 10.0. The number of hydrogen-bond donors (Lipinski definition) is 0. The highest BCUT2D eigenvalue weighted by molar-refractivity contribution is 5.84. The van der Waals surface area contributed by atoms with Crippen molar-refractivity contribution in [1.29, 1.82) is 0 Å². The maximum absolute atomic E-state index is 4.85. The smallest absolute Gasteiger partial charge is 0.164 e. The van der Waals surface area contributed by atoms with Gasteiger partial charge >= 0.3 is 0 Å². The van der Waals surface area contributed by atoms with E-state index in [-0.39, 0.29) is 0 Å². The van der Waals surface area contributed by atoms with Crippen LogP contribution in [0.2, 0.25) is 0 Å². The zero-order chi connectivity index (χ0) is 20.6. The summed E-state index contributed by atoms with van der Waals surface area (Å²) in [5.74, 6) is 2.09. The second-order valence-electron chi connectivity index (χ2n) is 6.76. The molecule has 0 radical (unpaired) electrons. The molecule has 0 bridgehead atoms. The molecular formula is C26H27N3. The van der Waals surface area contributed by atoms with Gasteiger partial charge in [-0.2, -0.15) is 0 Å². The van der Waals surface area contributed by atoms with E-state index >= 15 is 0 Å². The minimum absolute atomic E-state index is 0.689. The van der Waals surface area contributed by atoms with Gasteiger partial charge in [0.15, 0.2) is 17.5 Å². The first-order valence-corrected chi connectivity index (χ1v) is 10.0. The molecule has 3 nitrogen and oxygen atoms in total. The first kappa shape index (κ1) is 20.4. The number of allylic oxidation sites excluding steroid dienone is 6. The van der Waals surface area contributed by atoms with Crippen LogP contribution in [0, 0.1) is 0 Å². The molecule has 0 spiro atoms. The van der Waals surface area contributed by atoms with Gasteiger partial charge in [-0.3, -0.25) is 0 Å².